The quantitative estimate of drug-likeness (QED) is 0.155. The number of pyridine rings is 2. The molecule has 0 saturated heterocycles. The summed E-state index contributed by atoms with van der Waals surface area (Å²) in [6.45, 7) is 0. The molecular formula is C56H33N5O2. The number of hydrogen-bond acceptors (Lipinski definition) is 7. The maximum Gasteiger partial charge on any atom is 0.227 e. The fourth-order valence-corrected chi connectivity index (χ4v) is 8.91. The highest BCUT2D eigenvalue weighted by atomic mass is 16.4. The van der Waals surface area contributed by atoms with Gasteiger partial charge in [0.25, 0.3) is 0 Å². The Morgan fingerprint density at radius 2 is 0.730 bits per heavy atom. The molecule has 4 aromatic heterocycles. The predicted molar refractivity (Wildman–Crippen MR) is 256 cm³/mol. The SMILES string of the molecule is c1ccc2cc(-c3ccc4c(ccc5cc(N(c6cc7oc(-c8ccc9ccccc9c8)nc7cn6)c6cc7oc(-c8ccc9ccccc9c8)nc7cn6)ccc54)c3)ccc2c1. The van der Waals surface area contributed by atoms with E-state index in [1.54, 1.807) is 12.4 Å². The highest BCUT2D eigenvalue weighted by Crippen LogP contribution is 2.40. The molecule has 0 unspecified atom stereocenters. The van der Waals surface area contributed by atoms with Crippen LogP contribution in [0.3, 0.4) is 0 Å². The maximum atomic E-state index is 6.47. The van der Waals surface area contributed by atoms with Crippen molar-refractivity contribution >= 4 is 93.4 Å². The Morgan fingerprint density at radius 3 is 1.25 bits per heavy atom. The Bertz CT molecular complexity index is 3810. The van der Waals surface area contributed by atoms with Crippen LogP contribution in [0.4, 0.5) is 17.3 Å². The first-order valence-corrected chi connectivity index (χ1v) is 20.9. The number of nitrogens with zero attached hydrogens (tertiary/aromatic N) is 5. The summed E-state index contributed by atoms with van der Waals surface area (Å²) in [6, 6.07) is 65.7. The van der Waals surface area contributed by atoms with Crippen LogP contribution in [0.1, 0.15) is 0 Å². The van der Waals surface area contributed by atoms with Crippen molar-refractivity contribution < 1.29 is 8.83 Å². The van der Waals surface area contributed by atoms with Crippen molar-refractivity contribution in [1.82, 2.24) is 19.9 Å². The van der Waals surface area contributed by atoms with E-state index in [-0.39, 0.29) is 0 Å². The molecule has 0 aliphatic heterocycles. The Morgan fingerprint density at radius 1 is 0.333 bits per heavy atom. The number of fused-ring (bicyclic) bond motifs is 8. The third-order valence-electron chi connectivity index (χ3n) is 12.1. The van der Waals surface area contributed by atoms with Crippen LogP contribution in [0.2, 0.25) is 0 Å². The molecular weight excluding hydrogens is 775 g/mol. The molecule has 0 spiro atoms. The van der Waals surface area contributed by atoms with Gasteiger partial charge in [-0.25, -0.2) is 19.9 Å². The summed E-state index contributed by atoms with van der Waals surface area (Å²) >= 11 is 0. The van der Waals surface area contributed by atoms with Crippen LogP contribution in [0.15, 0.2) is 209 Å². The molecule has 7 nitrogen and oxygen atoms in total. The molecule has 13 rings (SSSR count). The van der Waals surface area contributed by atoms with Crippen LogP contribution < -0.4 is 4.90 Å². The normalized spacial score (nSPS) is 11.8. The van der Waals surface area contributed by atoms with Crippen molar-refractivity contribution in [3.63, 3.8) is 0 Å². The highest BCUT2D eigenvalue weighted by molar-refractivity contribution is 6.10. The zero-order valence-corrected chi connectivity index (χ0v) is 33.6. The number of rotatable bonds is 6. The van der Waals surface area contributed by atoms with E-state index in [1.165, 1.54) is 32.7 Å². The van der Waals surface area contributed by atoms with E-state index in [9.17, 15) is 0 Å². The topological polar surface area (TPSA) is 81.1 Å². The average molecular weight is 808 g/mol. The van der Waals surface area contributed by atoms with Crippen LogP contribution in [-0.2, 0) is 0 Å². The fraction of sp³-hybridized carbons (Fsp3) is 0. The predicted octanol–water partition coefficient (Wildman–Crippen LogP) is 15.0. The van der Waals surface area contributed by atoms with E-state index in [2.05, 4.69) is 140 Å². The summed E-state index contributed by atoms with van der Waals surface area (Å²) < 4.78 is 12.9. The number of oxazole rings is 2. The van der Waals surface area contributed by atoms with Gasteiger partial charge in [-0.15, -0.1) is 0 Å². The zero-order chi connectivity index (χ0) is 41.4. The molecule has 9 aromatic carbocycles. The fourth-order valence-electron chi connectivity index (χ4n) is 8.91. The summed E-state index contributed by atoms with van der Waals surface area (Å²) in [6.07, 6.45) is 3.52. The van der Waals surface area contributed by atoms with Crippen LogP contribution in [0.25, 0.3) is 110 Å². The lowest BCUT2D eigenvalue weighted by Gasteiger charge is -2.23. The molecule has 4 heterocycles. The molecule has 0 bridgehead atoms. The standard InChI is InChI=1S/C56H33N5O2/c1-4-10-37-25-40(16-13-34(37)7-1)41-21-23-47-42(26-41)17-18-43-29-46(22-24-48(43)47)61(53-30-51-49(32-57-53)59-55(62-51)44-19-14-35-8-2-5-11-38(35)27-44)54-31-52-50(33-58-54)60-56(63-52)45-20-15-36-9-3-6-12-39(36)28-45/h1-33H. The Balaban J connectivity index is 0.922. The highest BCUT2D eigenvalue weighted by Gasteiger charge is 2.21. The number of anilines is 3. The summed E-state index contributed by atoms with van der Waals surface area (Å²) in [7, 11) is 0. The molecule has 0 aliphatic carbocycles. The van der Waals surface area contributed by atoms with Gasteiger partial charge >= 0.3 is 0 Å². The summed E-state index contributed by atoms with van der Waals surface area (Å²) in [4.78, 5) is 21.7. The minimum Gasteiger partial charge on any atom is -0.436 e. The molecule has 7 heteroatoms. The van der Waals surface area contributed by atoms with E-state index < -0.39 is 0 Å². The molecule has 0 radical (unpaired) electrons. The smallest absolute Gasteiger partial charge is 0.227 e. The minimum absolute atomic E-state index is 0.532. The van der Waals surface area contributed by atoms with Crippen LogP contribution in [-0.4, -0.2) is 19.9 Å². The number of hydrogen-bond donors (Lipinski definition) is 0. The van der Waals surface area contributed by atoms with Crippen LogP contribution in [0, 0.1) is 0 Å². The first kappa shape index (κ1) is 35.1. The van der Waals surface area contributed by atoms with E-state index in [1.807, 2.05) is 53.4 Å². The lowest BCUT2D eigenvalue weighted by Crippen LogP contribution is -2.13. The minimum atomic E-state index is 0.532. The molecule has 0 amide bonds. The molecule has 0 atom stereocenters. The summed E-state index contributed by atoms with van der Waals surface area (Å²) in [5.41, 5.74) is 7.60. The van der Waals surface area contributed by atoms with Gasteiger partial charge < -0.3 is 8.83 Å². The molecule has 63 heavy (non-hydrogen) atoms. The largest absolute Gasteiger partial charge is 0.436 e. The van der Waals surface area contributed by atoms with Gasteiger partial charge in [0.15, 0.2) is 11.2 Å². The van der Waals surface area contributed by atoms with E-state index in [0.29, 0.717) is 45.6 Å². The molecule has 0 N–H and O–H groups in total. The van der Waals surface area contributed by atoms with Gasteiger partial charge in [0.1, 0.15) is 22.7 Å². The van der Waals surface area contributed by atoms with Gasteiger partial charge in [0.05, 0.1) is 12.4 Å². The molecule has 0 saturated carbocycles. The van der Waals surface area contributed by atoms with Gasteiger partial charge in [0.2, 0.25) is 11.8 Å². The Kier molecular flexibility index (Phi) is 7.77. The van der Waals surface area contributed by atoms with Gasteiger partial charge in [-0.05, 0) is 114 Å². The van der Waals surface area contributed by atoms with E-state index >= 15 is 0 Å². The lowest BCUT2D eigenvalue weighted by atomic mass is 9.96. The average Bonchev–Trinajstić information content (AvgIpc) is 3.98. The first-order valence-electron chi connectivity index (χ1n) is 20.9. The summed E-state index contributed by atoms with van der Waals surface area (Å²) in [5.74, 6) is 2.30. The van der Waals surface area contributed by atoms with Crippen molar-refractivity contribution in [2.24, 2.45) is 0 Å². The molecule has 13 aromatic rings. The number of benzene rings is 9. The lowest BCUT2D eigenvalue weighted by molar-refractivity contribution is 0.620. The van der Waals surface area contributed by atoms with Crippen LogP contribution in [0.5, 0.6) is 0 Å². The second-order valence-corrected chi connectivity index (χ2v) is 16.0. The Hall–Kier alpha value is -8.68. The molecule has 0 fully saturated rings. The second kappa shape index (κ2) is 13.9. The monoisotopic (exact) mass is 807 g/mol. The van der Waals surface area contributed by atoms with E-state index in [0.717, 1.165) is 49.1 Å². The van der Waals surface area contributed by atoms with Crippen molar-refractivity contribution in [3.8, 4) is 34.0 Å². The molecule has 0 aliphatic rings. The second-order valence-electron chi connectivity index (χ2n) is 16.0. The first-order chi connectivity index (χ1) is 31.1. The van der Waals surface area contributed by atoms with Gasteiger partial charge in [-0.1, -0.05) is 127 Å². The van der Waals surface area contributed by atoms with Gasteiger partial charge in [-0.3, -0.25) is 4.90 Å². The van der Waals surface area contributed by atoms with Gasteiger partial charge in [0, 0.05) is 28.9 Å². The number of aromatic nitrogens is 4. The van der Waals surface area contributed by atoms with E-state index in [4.69, 9.17) is 28.8 Å². The van der Waals surface area contributed by atoms with Gasteiger partial charge in [-0.2, -0.15) is 0 Å². The third-order valence-corrected chi connectivity index (χ3v) is 12.1. The van der Waals surface area contributed by atoms with Crippen molar-refractivity contribution in [2.75, 3.05) is 4.90 Å². The molecule has 294 valence electrons. The Labute approximate surface area is 360 Å². The maximum absolute atomic E-state index is 6.47. The van der Waals surface area contributed by atoms with Crippen molar-refractivity contribution in [1.29, 1.82) is 0 Å². The van der Waals surface area contributed by atoms with Crippen molar-refractivity contribution in [3.05, 3.63) is 200 Å². The van der Waals surface area contributed by atoms with Crippen LogP contribution >= 0.6 is 0 Å². The zero-order valence-electron chi connectivity index (χ0n) is 33.6. The summed E-state index contributed by atoms with van der Waals surface area (Å²) in [5, 5.41) is 11.6. The van der Waals surface area contributed by atoms with Crippen molar-refractivity contribution in [2.45, 2.75) is 0 Å². The third kappa shape index (κ3) is 6.05.